The van der Waals surface area contributed by atoms with E-state index >= 15 is 0 Å². The molecule has 0 radical (unpaired) electrons. The van der Waals surface area contributed by atoms with Gasteiger partial charge in [0.2, 0.25) is 17.6 Å². The number of aromatic nitrogens is 4. The van der Waals surface area contributed by atoms with Gasteiger partial charge in [0.25, 0.3) is 0 Å². The van der Waals surface area contributed by atoms with Gasteiger partial charge < -0.3 is 10.6 Å². The summed E-state index contributed by atoms with van der Waals surface area (Å²) in [7, 11) is 0. The summed E-state index contributed by atoms with van der Waals surface area (Å²) in [6.45, 7) is 7.69. The molecular weight excluding hydrogens is 408 g/mol. The Bertz CT molecular complexity index is 1210. The highest BCUT2D eigenvalue weighted by molar-refractivity contribution is 5.84. The zero-order chi connectivity index (χ0) is 23.0. The standard InChI is InChI=1S/C23H32N6O3/c1-15-9-5-6-10-16(15)24-19(30)13-27-17-11-7-8-12-18(17)29-21(27)26-28(22(29)32)14-20(31)25-23(2,3)4/h7-8,11-12,15-16H,5-6,9-10,13-14H2,1-4H3,(H,24,30)(H,25,31)/t15-,16+/m0/s1. The molecule has 2 N–H and O–H groups in total. The summed E-state index contributed by atoms with van der Waals surface area (Å²) in [5.41, 5.74) is 0.607. The van der Waals surface area contributed by atoms with E-state index in [2.05, 4.69) is 22.7 Å². The SMILES string of the molecule is C[C@H]1CCCC[C@H]1NC(=O)Cn1c2ccccc2n2c(=O)n(CC(=O)NC(C)(C)C)nc12. The Morgan fingerprint density at radius 1 is 1.06 bits per heavy atom. The lowest BCUT2D eigenvalue weighted by Crippen LogP contribution is -2.43. The minimum Gasteiger partial charge on any atom is -0.352 e. The molecule has 0 bridgehead atoms. The lowest BCUT2D eigenvalue weighted by molar-refractivity contribution is -0.124. The zero-order valence-electron chi connectivity index (χ0n) is 19.2. The van der Waals surface area contributed by atoms with E-state index in [-0.39, 0.29) is 30.9 Å². The smallest absolute Gasteiger partial charge is 0.352 e. The maximum Gasteiger partial charge on any atom is 0.352 e. The summed E-state index contributed by atoms with van der Waals surface area (Å²) >= 11 is 0. The number of benzene rings is 1. The summed E-state index contributed by atoms with van der Waals surface area (Å²) in [6, 6.07) is 7.58. The molecule has 0 aliphatic heterocycles. The van der Waals surface area contributed by atoms with Crippen LogP contribution in [0.4, 0.5) is 0 Å². The first-order valence-corrected chi connectivity index (χ1v) is 11.3. The first-order chi connectivity index (χ1) is 15.1. The van der Waals surface area contributed by atoms with Crippen LogP contribution in [-0.4, -0.2) is 42.1 Å². The fraction of sp³-hybridized carbons (Fsp3) is 0.565. The molecule has 4 rings (SSSR count). The van der Waals surface area contributed by atoms with E-state index in [1.807, 2.05) is 45.0 Å². The lowest BCUT2D eigenvalue weighted by Gasteiger charge is -2.29. The predicted molar refractivity (Wildman–Crippen MR) is 122 cm³/mol. The van der Waals surface area contributed by atoms with Crippen molar-refractivity contribution in [3.05, 3.63) is 34.7 Å². The highest BCUT2D eigenvalue weighted by Crippen LogP contribution is 2.24. The molecule has 1 aromatic carbocycles. The molecule has 9 nitrogen and oxygen atoms in total. The number of nitrogens with zero attached hydrogens (tertiary/aromatic N) is 4. The van der Waals surface area contributed by atoms with Crippen LogP contribution in [0.25, 0.3) is 16.8 Å². The van der Waals surface area contributed by atoms with Crippen molar-refractivity contribution in [2.75, 3.05) is 0 Å². The Balaban J connectivity index is 1.66. The van der Waals surface area contributed by atoms with Crippen molar-refractivity contribution in [3.63, 3.8) is 0 Å². The number of carbonyl (C=O) groups is 2. The van der Waals surface area contributed by atoms with E-state index in [1.54, 1.807) is 4.57 Å². The minimum absolute atomic E-state index is 0.0604. The van der Waals surface area contributed by atoms with Crippen molar-refractivity contribution < 1.29 is 9.59 Å². The van der Waals surface area contributed by atoms with E-state index in [0.29, 0.717) is 17.2 Å². The van der Waals surface area contributed by atoms with Crippen molar-refractivity contribution in [2.45, 2.75) is 78.0 Å². The summed E-state index contributed by atoms with van der Waals surface area (Å²) in [5.74, 6) is 0.420. The van der Waals surface area contributed by atoms with E-state index in [1.165, 1.54) is 10.8 Å². The second kappa shape index (κ2) is 8.44. The first kappa shape index (κ1) is 22.1. The zero-order valence-corrected chi connectivity index (χ0v) is 19.2. The third-order valence-corrected chi connectivity index (χ3v) is 6.04. The number of rotatable bonds is 5. The van der Waals surface area contributed by atoms with Gasteiger partial charge in [0.15, 0.2) is 0 Å². The number of hydrogen-bond donors (Lipinski definition) is 2. The van der Waals surface area contributed by atoms with Gasteiger partial charge in [-0.2, -0.15) is 0 Å². The van der Waals surface area contributed by atoms with Crippen molar-refractivity contribution >= 4 is 28.6 Å². The van der Waals surface area contributed by atoms with Crippen molar-refractivity contribution in [2.24, 2.45) is 5.92 Å². The highest BCUT2D eigenvalue weighted by Gasteiger charge is 2.25. The second-order valence-corrected chi connectivity index (χ2v) is 9.88. The molecule has 1 saturated carbocycles. The van der Waals surface area contributed by atoms with E-state index in [9.17, 15) is 14.4 Å². The van der Waals surface area contributed by atoms with E-state index in [4.69, 9.17) is 0 Å². The van der Waals surface area contributed by atoms with Crippen LogP contribution in [0.3, 0.4) is 0 Å². The third-order valence-electron chi connectivity index (χ3n) is 6.04. The fourth-order valence-corrected chi connectivity index (χ4v) is 4.55. The molecule has 9 heteroatoms. The monoisotopic (exact) mass is 440 g/mol. The van der Waals surface area contributed by atoms with Crippen LogP contribution >= 0.6 is 0 Å². The molecule has 0 unspecified atom stereocenters. The molecule has 0 spiro atoms. The van der Waals surface area contributed by atoms with Gasteiger partial charge in [0, 0.05) is 11.6 Å². The first-order valence-electron chi connectivity index (χ1n) is 11.3. The number of hydrogen-bond acceptors (Lipinski definition) is 4. The number of carbonyl (C=O) groups excluding carboxylic acids is 2. The van der Waals surface area contributed by atoms with Crippen LogP contribution in [0.15, 0.2) is 29.1 Å². The highest BCUT2D eigenvalue weighted by atomic mass is 16.2. The van der Waals surface area contributed by atoms with Gasteiger partial charge in [0.1, 0.15) is 13.1 Å². The predicted octanol–water partition coefficient (Wildman–Crippen LogP) is 2.06. The molecular formula is C23H32N6O3. The third kappa shape index (κ3) is 4.42. The quantitative estimate of drug-likeness (QED) is 0.634. The maximum atomic E-state index is 13.1. The van der Waals surface area contributed by atoms with Crippen molar-refractivity contribution in [3.8, 4) is 0 Å². The van der Waals surface area contributed by atoms with Gasteiger partial charge in [-0.05, 0) is 51.7 Å². The van der Waals surface area contributed by atoms with Gasteiger partial charge in [-0.3, -0.25) is 14.2 Å². The van der Waals surface area contributed by atoms with E-state index < -0.39 is 11.2 Å². The number of amides is 2. The van der Waals surface area contributed by atoms with Gasteiger partial charge in [-0.15, -0.1) is 5.10 Å². The van der Waals surface area contributed by atoms with Gasteiger partial charge in [-0.1, -0.05) is 31.9 Å². The van der Waals surface area contributed by atoms with Gasteiger partial charge in [-0.25, -0.2) is 13.9 Å². The van der Waals surface area contributed by atoms with Crippen LogP contribution in [0.2, 0.25) is 0 Å². The normalized spacial score (nSPS) is 19.4. The molecule has 0 saturated heterocycles. The number of fused-ring (bicyclic) bond motifs is 3. The van der Waals surface area contributed by atoms with Crippen molar-refractivity contribution in [1.82, 2.24) is 29.4 Å². The molecule has 2 amide bonds. The summed E-state index contributed by atoms with van der Waals surface area (Å²) in [6.07, 6.45) is 4.45. The molecule has 32 heavy (non-hydrogen) atoms. The van der Waals surface area contributed by atoms with Crippen LogP contribution in [-0.2, 0) is 22.7 Å². The molecule has 3 aromatic rings. The molecule has 2 aromatic heterocycles. The summed E-state index contributed by atoms with van der Waals surface area (Å²) in [4.78, 5) is 38.4. The Labute approximate surface area is 186 Å². The summed E-state index contributed by atoms with van der Waals surface area (Å²) < 4.78 is 4.37. The van der Waals surface area contributed by atoms with Gasteiger partial charge in [0.05, 0.1) is 11.0 Å². The molecule has 2 heterocycles. The average molecular weight is 441 g/mol. The Morgan fingerprint density at radius 2 is 1.75 bits per heavy atom. The lowest BCUT2D eigenvalue weighted by atomic mass is 9.86. The summed E-state index contributed by atoms with van der Waals surface area (Å²) in [5, 5.41) is 10.4. The Hall–Kier alpha value is -3.10. The number of imidazole rings is 1. The molecule has 1 fully saturated rings. The Morgan fingerprint density at radius 3 is 2.44 bits per heavy atom. The minimum atomic E-state index is -0.407. The second-order valence-electron chi connectivity index (χ2n) is 9.88. The average Bonchev–Trinajstić information content (AvgIpc) is 3.18. The largest absolute Gasteiger partial charge is 0.352 e. The fourth-order valence-electron chi connectivity index (χ4n) is 4.55. The number of para-hydroxylation sites is 2. The topological polar surface area (TPSA) is 102 Å². The van der Waals surface area contributed by atoms with Gasteiger partial charge >= 0.3 is 5.69 Å². The van der Waals surface area contributed by atoms with Crippen LogP contribution < -0.4 is 16.3 Å². The van der Waals surface area contributed by atoms with Crippen LogP contribution in [0.1, 0.15) is 53.4 Å². The molecule has 1 aliphatic carbocycles. The van der Waals surface area contributed by atoms with E-state index in [0.717, 1.165) is 29.5 Å². The van der Waals surface area contributed by atoms with Crippen LogP contribution in [0, 0.1) is 5.92 Å². The molecule has 2 atom stereocenters. The number of nitrogens with one attached hydrogen (secondary N) is 2. The van der Waals surface area contributed by atoms with Crippen molar-refractivity contribution in [1.29, 1.82) is 0 Å². The molecule has 1 aliphatic rings. The Kier molecular flexibility index (Phi) is 5.83. The van der Waals surface area contributed by atoms with Crippen LogP contribution in [0.5, 0.6) is 0 Å². The maximum absolute atomic E-state index is 13.1. The molecule has 172 valence electrons.